The third kappa shape index (κ3) is 5.71. The fourth-order valence-electron chi connectivity index (χ4n) is 3.35. The number of nitrogens with two attached hydrogens (primary N) is 1. The number of amides is 3. The summed E-state index contributed by atoms with van der Waals surface area (Å²) in [5, 5.41) is 9.65. The standard InChI is InChI=1S/C23H25F2N5O3/c1-23(2,3)20(22(33)27-11-18(26)31)28-21(32)19-16-10-15(25)8-9-17(16)30(29-19)12-13-4-6-14(24)7-5-13/h4-10,20H,11-12H2,1-3H3,(H2,26,31)(H,27,33)(H,28,32). The minimum absolute atomic E-state index is 0.0661. The van der Waals surface area contributed by atoms with Gasteiger partial charge in [-0.25, -0.2) is 8.78 Å². The zero-order chi connectivity index (χ0) is 24.3. The maximum absolute atomic E-state index is 14.0. The monoisotopic (exact) mass is 457 g/mol. The number of halogens is 2. The van der Waals surface area contributed by atoms with E-state index in [2.05, 4.69) is 15.7 Å². The predicted molar refractivity (Wildman–Crippen MR) is 118 cm³/mol. The van der Waals surface area contributed by atoms with Crippen molar-refractivity contribution in [2.75, 3.05) is 6.54 Å². The largest absolute Gasteiger partial charge is 0.368 e. The van der Waals surface area contributed by atoms with E-state index in [4.69, 9.17) is 5.73 Å². The van der Waals surface area contributed by atoms with Crippen LogP contribution in [0, 0.1) is 17.0 Å². The number of nitrogens with one attached hydrogen (secondary N) is 2. The minimum atomic E-state index is -1.02. The molecule has 10 heteroatoms. The molecular formula is C23H25F2N5O3. The molecule has 1 aromatic heterocycles. The average Bonchev–Trinajstić information content (AvgIpc) is 3.08. The van der Waals surface area contributed by atoms with Crippen LogP contribution in [0.2, 0.25) is 0 Å². The summed E-state index contributed by atoms with van der Waals surface area (Å²) >= 11 is 0. The van der Waals surface area contributed by atoms with Gasteiger partial charge in [0, 0.05) is 5.39 Å². The lowest BCUT2D eigenvalue weighted by Crippen LogP contribution is -2.54. The molecule has 0 aliphatic rings. The quantitative estimate of drug-likeness (QED) is 0.503. The van der Waals surface area contributed by atoms with E-state index in [1.807, 2.05) is 0 Å². The van der Waals surface area contributed by atoms with Crippen LogP contribution in [-0.4, -0.2) is 40.1 Å². The van der Waals surface area contributed by atoms with Gasteiger partial charge in [-0.1, -0.05) is 32.9 Å². The van der Waals surface area contributed by atoms with Gasteiger partial charge in [-0.15, -0.1) is 0 Å². The maximum Gasteiger partial charge on any atom is 0.273 e. The van der Waals surface area contributed by atoms with Crippen molar-refractivity contribution in [1.82, 2.24) is 20.4 Å². The molecule has 0 bridgehead atoms. The lowest BCUT2D eigenvalue weighted by Gasteiger charge is -2.30. The van der Waals surface area contributed by atoms with Crippen LogP contribution < -0.4 is 16.4 Å². The smallest absolute Gasteiger partial charge is 0.273 e. The number of hydrogen-bond acceptors (Lipinski definition) is 4. The van der Waals surface area contributed by atoms with Gasteiger partial charge in [0.25, 0.3) is 5.91 Å². The normalized spacial score (nSPS) is 12.4. The van der Waals surface area contributed by atoms with Gasteiger partial charge < -0.3 is 16.4 Å². The summed E-state index contributed by atoms with van der Waals surface area (Å²) in [4.78, 5) is 36.8. The molecule has 3 aromatic rings. The molecule has 0 saturated carbocycles. The van der Waals surface area contributed by atoms with Gasteiger partial charge in [-0.2, -0.15) is 5.10 Å². The highest BCUT2D eigenvalue weighted by Crippen LogP contribution is 2.24. The highest BCUT2D eigenvalue weighted by Gasteiger charge is 2.34. The first kappa shape index (κ1) is 23.8. The van der Waals surface area contributed by atoms with Crippen LogP contribution >= 0.6 is 0 Å². The summed E-state index contributed by atoms with van der Waals surface area (Å²) < 4.78 is 28.7. The van der Waals surface area contributed by atoms with Crippen molar-refractivity contribution in [1.29, 1.82) is 0 Å². The Labute approximate surface area is 189 Å². The molecule has 0 saturated heterocycles. The molecule has 1 heterocycles. The van der Waals surface area contributed by atoms with E-state index in [1.165, 1.54) is 35.0 Å². The topological polar surface area (TPSA) is 119 Å². The molecule has 3 amide bonds. The number of benzene rings is 2. The third-order valence-corrected chi connectivity index (χ3v) is 5.01. The van der Waals surface area contributed by atoms with Gasteiger partial charge in [0.1, 0.15) is 17.7 Å². The number of rotatable bonds is 7. The van der Waals surface area contributed by atoms with Gasteiger partial charge >= 0.3 is 0 Å². The van der Waals surface area contributed by atoms with Crippen LogP contribution in [0.1, 0.15) is 36.8 Å². The summed E-state index contributed by atoms with van der Waals surface area (Å²) in [5.74, 6) is -2.92. The summed E-state index contributed by atoms with van der Waals surface area (Å²) in [7, 11) is 0. The van der Waals surface area contributed by atoms with Crippen LogP contribution in [0.4, 0.5) is 8.78 Å². The van der Waals surface area contributed by atoms with E-state index in [0.29, 0.717) is 5.52 Å². The number of nitrogens with zero attached hydrogens (tertiary/aromatic N) is 2. The van der Waals surface area contributed by atoms with Crippen LogP contribution in [0.3, 0.4) is 0 Å². The number of primary amides is 1. The van der Waals surface area contributed by atoms with Crippen LogP contribution in [0.5, 0.6) is 0 Å². The van der Waals surface area contributed by atoms with E-state index in [9.17, 15) is 23.2 Å². The first-order valence-electron chi connectivity index (χ1n) is 10.2. The van der Waals surface area contributed by atoms with E-state index in [-0.39, 0.29) is 30.0 Å². The van der Waals surface area contributed by atoms with Crippen molar-refractivity contribution >= 4 is 28.6 Å². The minimum Gasteiger partial charge on any atom is -0.368 e. The number of fused-ring (bicyclic) bond motifs is 1. The van der Waals surface area contributed by atoms with E-state index in [1.54, 1.807) is 32.9 Å². The molecule has 4 N–H and O–H groups in total. The lowest BCUT2D eigenvalue weighted by atomic mass is 9.86. The summed E-state index contributed by atoms with van der Waals surface area (Å²) in [6.07, 6.45) is 0. The molecule has 0 aliphatic heterocycles. The summed E-state index contributed by atoms with van der Waals surface area (Å²) in [6.45, 7) is 5.07. The summed E-state index contributed by atoms with van der Waals surface area (Å²) in [5.41, 5.74) is 5.53. The van der Waals surface area contributed by atoms with E-state index < -0.39 is 35.0 Å². The van der Waals surface area contributed by atoms with Gasteiger partial charge in [-0.3, -0.25) is 19.1 Å². The second kappa shape index (κ2) is 9.35. The Morgan fingerprint density at radius 3 is 2.30 bits per heavy atom. The number of aromatic nitrogens is 2. The highest BCUT2D eigenvalue weighted by molar-refractivity contribution is 6.06. The zero-order valence-electron chi connectivity index (χ0n) is 18.5. The molecule has 2 aromatic carbocycles. The van der Waals surface area contributed by atoms with Crippen molar-refractivity contribution in [2.24, 2.45) is 11.1 Å². The number of carbonyl (C=O) groups is 3. The molecule has 0 fully saturated rings. The number of carbonyl (C=O) groups excluding carboxylic acids is 3. The van der Waals surface area contributed by atoms with Crippen LogP contribution in [0.25, 0.3) is 10.9 Å². The van der Waals surface area contributed by atoms with Gasteiger partial charge in [0.05, 0.1) is 18.6 Å². The van der Waals surface area contributed by atoms with Crippen molar-refractivity contribution in [3.63, 3.8) is 0 Å². The van der Waals surface area contributed by atoms with E-state index in [0.717, 1.165) is 5.56 Å². The molecule has 0 spiro atoms. The number of hydrogen-bond donors (Lipinski definition) is 3. The van der Waals surface area contributed by atoms with Gasteiger partial charge in [0.2, 0.25) is 11.8 Å². The molecule has 0 radical (unpaired) electrons. The third-order valence-electron chi connectivity index (χ3n) is 5.01. The Bertz CT molecular complexity index is 1200. The van der Waals surface area contributed by atoms with Gasteiger partial charge in [-0.05, 0) is 41.3 Å². The Morgan fingerprint density at radius 1 is 1.06 bits per heavy atom. The molecular weight excluding hydrogens is 432 g/mol. The first-order valence-corrected chi connectivity index (χ1v) is 10.2. The molecule has 3 rings (SSSR count). The fourth-order valence-corrected chi connectivity index (χ4v) is 3.35. The maximum atomic E-state index is 14.0. The molecule has 8 nitrogen and oxygen atoms in total. The fraction of sp³-hybridized carbons (Fsp3) is 0.304. The SMILES string of the molecule is CC(C)(C)C(NC(=O)c1nn(Cc2ccc(F)cc2)c2ccc(F)cc12)C(=O)NCC(N)=O. The molecule has 0 aliphatic carbocycles. The highest BCUT2D eigenvalue weighted by atomic mass is 19.1. The van der Waals surface area contributed by atoms with Crippen molar-refractivity contribution in [3.05, 3.63) is 65.4 Å². The second-order valence-corrected chi connectivity index (χ2v) is 8.75. The van der Waals surface area contributed by atoms with Crippen molar-refractivity contribution < 1.29 is 23.2 Å². The van der Waals surface area contributed by atoms with Gasteiger partial charge in [0.15, 0.2) is 5.69 Å². The Hall–Kier alpha value is -3.82. The van der Waals surface area contributed by atoms with Crippen LogP contribution in [0.15, 0.2) is 42.5 Å². The van der Waals surface area contributed by atoms with E-state index >= 15 is 0 Å². The van der Waals surface area contributed by atoms with Crippen molar-refractivity contribution in [2.45, 2.75) is 33.4 Å². The Morgan fingerprint density at radius 2 is 1.70 bits per heavy atom. The molecule has 33 heavy (non-hydrogen) atoms. The second-order valence-electron chi connectivity index (χ2n) is 8.75. The van der Waals surface area contributed by atoms with Crippen molar-refractivity contribution in [3.8, 4) is 0 Å². The molecule has 1 atom stereocenters. The molecule has 1 unspecified atom stereocenters. The van der Waals surface area contributed by atoms with Crippen LogP contribution in [-0.2, 0) is 16.1 Å². The zero-order valence-corrected chi connectivity index (χ0v) is 18.5. The lowest BCUT2D eigenvalue weighted by molar-refractivity contribution is -0.128. The predicted octanol–water partition coefficient (Wildman–Crippen LogP) is 2.11. The summed E-state index contributed by atoms with van der Waals surface area (Å²) in [6, 6.07) is 8.73. The molecule has 174 valence electrons. The average molecular weight is 457 g/mol. The Kier molecular flexibility index (Phi) is 6.75. The first-order chi connectivity index (χ1) is 15.5. The Balaban J connectivity index is 1.95.